The lowest BCUT2D eigenvalue weighted by molar-refractivity contribution is -0.140. The molecule has 0 heterocycles. The molecule has 0 aliphatic heterocycles. The highest BCUT2D eigenvalue weighted by atomic mass is 79.9. The molecule has 2 amide bonds. The van der Waals surface area contributed by atoms with Crippen molar-refractivity contribution in [1.29, 1.82) is 0 Å². The molecule has 2 aromatic rings. The Balaban J connectivity index is 2.09. The Labute approximate surface area is 195 Å². The van der Waals surface area contributed by atoms with E-state index in [9.17, 15) is 9.59 Å². The average molecular weight is 487 g/mol. The van der Waals surface area contributed by atoms with E-state index in [0.29, 0.717) is 31.8 Å². The van der Waals surface area contributed by atoms with Crippen molar-refractivity contribution in [3.63, 3.8) is 0 Å². The molecule has 2 rings (SSSR count). The van der Waals surface area contributed by atoms with E-state index in [0.717, 1.165) is 28.4 Å². The van der Waals surface area contributed by atoms with Gasteiger partial charge in [-0.25, -0.2) is 0 Å². The minimum absolute atomic E-state index is 0.00828. The normalized spacial score (nSPS) is 11.9. The summed E-state index contributed by atoms with van der Waals surface area (Å²) < 4.78 is 0.961. The van der Waals surface area contributed by atoms with Gasteiger partial charge in [-0.1, -0.05) is 79.5 Å². The predicted octanol–water partition coefficient (Wildman–Crippen LogP) is 5.84. The molecule has 0 unspecified atom stereocenters. The zero-order valence-corrected chi connectivity index (χ0v) is 20.7. The number of amides is 2. The fourth-order valence-corrected chi connectivity index (χ4v) is 3.86. The number of aryl methyl sites for hydroxylation is 1. The van der Waals surface area contributed by atoms with Gasteiger partial charge < -0.3 is 10.2 Å². The highest BCUT2D eigenvalue weighted by molar-refractivity contribution is 9.10. The summed E-state index contributed by atoms with van der Waals surface area (Å²) in [6.45, 7) is 9.30. The van der Waals surface area contributed by atoms with Gasteiger partial charge in [0, 0.05) is 24.0 Å². The number of carbonyl (C=O) groups is 2. The van der Waals surface area contributed by atoms with E-state index in [2.05, 4.69) is 66.3 Å². The molecule has 1 N–H and O–H groups in total. The Kier molecular flexibility index (Phi) is 10.3. The van der Waals surface area contributed by atoms with Crippen LogP contribution in [0.1, 0.15) is 69.6 Å². The Morgan fingerprint density at radius 1 is 1.03 bits per heavy atom. The van der Waals surface area contributed by atoms with Gasteiger partial charge in [-0.3, -0.25) is 9.59 Å². The third-order valence-corrected chi connectivity index (χ3v) is 6.01. The minimum Gasteiger partial charge on any atom is -0.354 e. The van der Waals surface area contributed by atoms with Crippen molar-refractivity contribution in [1.82, 2.24) is 10.2 Å². The largest absolute Gasteiger partial charge is 0.354 e. The number of halogens is 1. The number of hydrogen-bond donors (Lipinski definition) is 1. The van der Waals surface area contributed by atoms with Crippen LogP contribution in [0.4, 0.5) is 0 Å². The quantitative estimate of drug-likeness (QED) is 0.405. The number of unbranched alkanes of at least 4 members (excludes halogenated alkanes) is 1. The molecule has 0 aliphatic rings. The van der Waals surface area contributed by atoms with Crippen LogP contribution in [0.15, 0.2) is 53.0 Å². The Morgan fingerprint density at radius 2 is 1.74 bits per heavy atom. The summed E-state index contributed by atoms with van der Waals surface area (Å²) in [6.07, 6.45) is 2.99. The summed E-state index contributed by atoms with van der Waals surface area (Å²) in [7, 11) is 0. The Bertz CT molecular complexity index is 849. The van der Waals surface area contributed by atoms with E-state index in [4.69, 9.17) is 0 Å². The molecule has 0 saturated heterocycles. The van der Waals surface area contributed by atoms with Crippen LogP contribution in [0.25, 0.3) is 0 Å². The van der Waals surface area contributed by atoms with Crippen molar-refractivity contribution in [2.45, 2.75) is 71.9 Å². The molecule has 0 bridgehead atoms. The van der Waals surface area contributed by atoms with E-state index >= 15 is 0 Å². The molecule has 0 aliphatic carbocycles. The zero-order valence-electron chi connectivity index (χ0n) is 19.2. The van der Waals surface area contributed by atoms with Crippen molar-refractivity contribution in [2.24, 2.45) is 0 Å². The number of nitrogens with one attached hydrogen (secondary N) is 1. The van der Waals surface area contributed by atoms with Gasteiger partial charge in [-0.05, 0) is 54.5 Å². The van der Waals surface area contributed by atoms with Crippen LogP contribution in [-0.4, -0.2) is 29.3 Å². The molecule has 0 radical (unpaired) electrons. The summed E-state index contributed by atoms with van der Waals surface area (Å²) in [5, 5.41) is 2.96. The van der Waals surface area contributed by atoms with Gasteiger partial charge in [-0.2, -0.15) is 0 Å². The SMILES string of the molecule is CCCCNC(=O)[C@H](C)N(Cc1cccc(Br)c1)C(=O)CCc1ccc(C(C)C)cc1. The van der Waals surface area contributed by atoms with Crippen LogP contribution in [0, 0.1) is 0 Å². The third kappa shape index (κ3) is 8.13. The molecule has 0 fully saturated rings. The smallest absolute Gasteiger partial charge is 0.242 e. The highest BCUT2D eigenvalue weighted by Gasteiger charge is 2.25. The number of carbonyl (C=O) groups excluding carboxylic acids is 2. The summed E-state index contributed by atoms with van der Waals surface area (Å²) in [6, 6.07) is 15.8. The van der Waals surface area contributed by atoms with Gasteiger partial charge in [-0.15, -0.1) is 0 Å². The van der Waals surface area contributed by atoms with Crippen LogP contribution in [0.3, 0.4) is 0 Å². The fourth-order valence-electron chi connectivity index (χ4n) is 3.41. The fraction of sp³-hybridized carbons (Fsp3) is 0.462. The number of hydrogen-bond acceptors (Lipinski definition) is 2. The van der Waals surface area contributed by atoms with Crippen molar-refractivity contribution >= 4 is 27.7 Å². The lowest BCUT2D eigenvalue weighted by Gasteiger charge is -2.29. The number of rotatable bonds is 11. The molecule has 168 valence electrons. The first-order valence-corrected chi connectivity index (χ1v) is 12.0. The van der Waals surface area contributed by atoms with Crippen LogP contribution in [0.5, 0.6) is 0 Å². The minimum atomic E-state index is -0.522. The molecule has 2 aromatic carbocycles. The molecule has 4 nitrogen and oxygen atoms in total. The van der Waals surface area contributed by atoms with E-state index < -0.39 is 6.04 Å². The van der Waals surface area contributed by atoms with Gasteiger partial charge in [0.1, 0.15) is 6.04 Å². The average Bonchev–Trinajstić information content (AvgIpc) is 2.75. The van der Waals surface area contributed by atoms with Crippen molar-refractivity contribution in [3.8, 4) is 0 Å². The standard InChI is InChI=1S/C26H35BrN2O2/c1-5-6-16-28-26(31)20(4)29(18-22-8-7-9-24(27)17-22)25(30)15-12-21-10-13-23(14-11-21)19(2)3/h7-11,13-14,17,19-20H,5-6,12,15-16,18H2,1-4H3,(H,28,31)/t20-/m0/s1. The van der Waals surface area contributed by atoms with Crippen LogP contribution >= 0.6 is 15.9 Å². The van der Waals surface area contributed by atoms with E-state index in [-0.39, 0.29) is 11.8 Å². The molecule has 1 atom stereocenters. The Morgan fingerprint density at radius 3 is 2.35 bits per heavy atom. The van der Waals surface area contributed by atoms with Crippen LogP contribution in [0.2, 0.25) is 0 Å². The topological polar surface area (TPSA) is 49.4 Å². The van der Waals surface area contributed by atoms with Crippen LogP contribution in [-0.2, 0) is 22.6 Å². The lowest BCUT2D eigenvalue weighted by atomic mass is 10.00. The van der Waals surface area contributed by atoms with Gasteiger partial charge in [0.2, 0.25) is 11.8 Å². The van der Waals surface area contributed by atoms with Gasteiger partial charge in [0.05, 0.1) is 0 Å². The maximum Gasteiger partial charge on any atom is 0.242 e. The summed E-state index contributed by atoms with van der Waals surface area (Å²) >= 11 is 3.49. The molecule has 0 aromatic heterocycles. The summed E-state index contributed by atoms with van der Waals surface area (Å²) in [5.74, 6) is 0.382. The first-order chi connectivity index (χ1) is 14.8. The Hall–Kier alpha value is -2.14. The van der Waals surface area contributed by atoms with Crippen molar-refractivity contribution in [3.05, 3.63) is 69.7 Å². The molecule has 5 heteroatoms. The van der Waals surface area contributed by atoms with Crippen molar-refractivity contribution in [2.75, 3.05) is 6.54 Å². The van der Waals surface area contributed by atoms with Crippen molar-refractivity contribution < 1.29 is 9.59 Å². The molecular formula is C26H35BrN2O2. The first kappa shape index (κ1) is 25.1. The van der Waals surface area contributed by atoms with E-state index in [1.54, 1.807) is 4.90 Å². The number of nitrogens with zero attached hydrogens (tertiary/aromatic N) is 1. The van der Waals surface area contributed by atoms with E-state index in [1.165, 1.54) is 5.56 Å². The predicted molar refractivity (Wildman–Crippen MR) is 131 cm³/mol. The summed E-state index contributed by atoms with van der Waals surface area (Å²) in [5.41, 5.74) is 3.43. The monoisotopic (exact) mass is 486 g/mol. The van der Waals surface area contributed by atoms with Gasteiger partial charge >= 0.3 is 0 Å². The maximum atomic E-state index is 13.2. The highest BCUT2D eigenvalue weighted by Crippen LogP contribution is 2.18. The lowest BCUT2D eigenvalue weighted by Crippen LogP contribution is -2.47. The second kappa shape index (κ2) is 12.7. The maximum absolute atomic E-state index is 13.2. The van der Waals surface area contributed by atoms with Gasteiger partial charge in [0.15, 0.2) is 0 Å². The molecule has 0 saturated carbocycles. The van der Waals surface area contributed by atoms with E-state index in [1.807, 2.05) is 31.2 Å². The molecular weight excluding hydrogens is 452 g/mol. The van der Waals surface area contributed by atoms with Gasteiger partial charge in [0.25, 0.3) is 0 Å². The zero-order chi connectivity index (χ0) is 22.8. The van der Waals surface area contributed by atoms with Crippen LogP contribution < -0.4 is 5.32 Å². The first-order valence-electron chi connectivity index (χ1n) is 11.2. The second-order valence-corrected chi connectivity index (χ2v) is 9.28. The third-order valence-electron chi connectivity index (χ3n) is 5.51. The second-order valence-electron chi connectivity index (χ2n) is 8.37. The molecule has 31 heavy (non-hydrogen) atoms. The molecule has 0 spiro atoms. The number of benzene rings is 2. The summed E-state index contributed by atoms with van der Waals surface area (Å²) in [4.78, 5) is 27.6.